The van der Waals surface area contributed by atoms with Gasteiger partial charge in [0.05, 0.1) is 11.8 Å². The first kappa shape index (κ1) is 10.3. The number of benzene rings is 1. The second-order valence-electron chi connectivity index (χ2n) is 4.47. The fourth-order valence-corrected chi connectivity index (χ4v) is 2.68. The van der Waals surface area contributed by atoms with Crippen LogP contribution in [0.5, 0.6) is 0 Å². The van der Waals surface area contributed by atoms with Crippen LogP contribution in [0.3, 0.4) is 0 Å². The van der Waals surface area contributed by atoms with Gasteiger partial charge < -0.3 is 4.74 Å². The van der Waals surface area contributed by atoms with Gasteiger partial charge in [-0.15, -0.1) is 0 Å². The molecule has 0 amide bonds. The Kier molecular flexibility index (Phi) is 2.32. The van der Waals surface area contributed by atoms with Gasteiger partial charge in [0.2, 0.25) is 0 Å². The number of fused-ring (bicyclic) bond motifs is 1. The van der Waals surface area contributed by atoms with Crippen molar-refractivity contribution in [2.45, 2.75) is 12.3 Å². The molecule has 3 heteroatoms. The summed E-state index contributed by atoms with van der Waals surface area (Å²) in [4.78, 5) is 23.2. The van der Waals surface area contributed by atoms with E-state index in [9.17, 15) is 9.59 Å². The highest BCUT2D eigenvalue weighted by Crippen LogP contribution is 2.42. The number of rotatable bonds is 1. The van der Waals surface area contributed by atoms with Crippen LogP contribution in [0, 0.1) is 11.8 Å². The first-order chi connectivity index (χ1) is 8.27. The molecule has 17 heavy (non-hydrogen) atoms. The molecular weight excluding hydrogens is 216 g/mol. The Hall–Kier alpha value is -1.90. The van der Waals surface area contributed by atoms with E-state index >= 15 is 0 Å². The summed E-state index contributed by atoms with van der Waals surface area (Å²) in [5.74, 6) is -1.41. The van der Waals surface area contributed by atoms with Crippen LogP contribution in [0.1, 0.15) is 17.9 Å². The average Bonchev–Trinajstić information content (AvgIpc) is 2.66. The van der Waals surface area contributed by atoms with Gasteiger partial charge in [-0.2, -0.15) is 0 Å². The Labute approximate surface area is 99.1 Å². The van der Waals surface area contributed by atoms with Crippen LogP contribution < -0.4 is 0 Å². The van der Waals surface area contributed by atoms with E-state index in [1.165, 1.54) is 0 Å². The molecule has 3 rings (SSSR count). The summed E-state index contributed by atoms with van der Waals surface area (Å²) in [6.45, 7) is 0. The molecule has 3 atom stereocenters. The Morgan fingerprint density at radius 3 is 2.59 bits per heavy atom. The van der Waals surface area contributed by atoms with Crippen LogP contribution in [0.15, 0.2) is 42.5 Å². The number of carbonyl (C=O) groups excluding carboxylic acids is 2. The Balaban J connectivity index is 2.00. The van der Waals surface area contributed by atoms with Crippen molar-refractivity contribution in [1.29, 1.82) is 0 Å². The summed E-state index contributed by atoms with van der Waals surface area (Å²) in [5.41, 5.74) is 1.06. The summed E-state index contributed by atoms with van der Waals surface area (Å²) in [7, 11) is 0. The molecule has 0 N–H and O–H groups in total. The lowest BCUT2D eigenvalue weighted by Crippen LogP contribution is -2.26. The number of carbonyl (C=O) groups is 2. The molecule has 3 nitrogen and oxygen atoms in total. The minimum Gasteiger partial charge on any atom is -0.393 e. The highest BCUT2D eigenvalue weighted by Gasteiger charge is 2.48. The summed E-state index contributed by atoms with van der Waals surface area (Å²) in [6.07, 6.45) is 4.59. The van der Waals surface area contributed by atoms with Gasteiger partial charge in [0, 0.05) is 5.92 Å². The molecule has 86 valence electrons. The van der Waals surface area contributed by atoms with E-state index < -0.39 is 0 Å². The average molecular weight is 228 g/mol. The van der Waals surface area contributed by atoms with Gasteiger partial charge in [-0.05, 0) is 12.0 Å². The van der Waals surface area contributed by atoms with E-state index in [0.29, 0.717) is 6.42 Å². The Morgan fingerprint density at radius 1 is 1.06 bits per heavy atom. The highest BCUT2D eigenvalue weighted by molar-refractivity contribution is 5.97. The maximum atomic E-state index is 11.7. The van der Waals surface area contributed by atoms with Crippen LogP contribution in [0.25, 0.3) is 0 Å². The molecule has 1 fully saturated rings. The smallest absolute Gasteiger partial charge is 0.318 e. The molecule has 1 aliphatic heterocycles. The van der Waals surface area contributed by atoms with Crippen molar-refractivity contribution in [3.05, 3.63) is 48.0 Å². The largest absolute Gasteiger partial charge is 0.393 e. The van der Waals surface area contributed by atoms with Crippen LogP contribution in [-0.2, 0) is 14.3 Å². The lowest BCUT2D eigenvalue weighted by Gasteiger charge is -2.24. The van der Waals surface area contributed by atoms with Gasteiger partial charge in [-0.1, -0.05) is 42.5 Å². The SMILES string of the molecule is O=C1OC(=O)[C@H]2CC=C[C@@H](c3ccccc3)[C@@H]12. The molecule has 1 aromatic rings. The van der Waals surface area contributed by atoms with E-state index in [0.717, 1.165) is 5.56 Å². The molecular formula is C14H12O3. The van der Waals surface area contributed by atoms with Crippen LogP contribution in [0.4, 0.5) is 0 Å². The zero-order valence-electron chi connectivity index (χ0n) is 9.21. The van der Waals surface area contributed by atoms with Crippen molar-refractivity contribution in [3.63, 3.8) is 0 Å². The van der Waals surface area contributed by atoms with E-state index in [4.69, 9.17) is 4.74 Å². The quantitative estimate of drug-likeness (QED) is 0.419. The molecule has 0 saturated carbocycles. The fraction of sp³-hybridized carbons (Fsp3) is 0.286. The molecule has 0 spiro atoms. The third kappa shape index (κ3) is 1.58. The predicted octanol–water partition coefficient (Wildman–Crippen LogP) is 2.05. The van der Waals surface area contributed by atoms with Gasteiger partial charge in [-0.3, -0.25) is 9.59 Å². The standard InChI is InChI=1S/C14H12O3/c15-13-11-8-4-7-10(12(11)14(16)17-13)9-5-2-1-3-6-9/h1-7,10-12H,8H2/t10-,11-,12+/m0/s1. The van der Waals surface area contributed by atoms with E-state index in [2.05, 4.69) is 0 Å². The van der Waals surface area contributed by atoms with Gasteiger partial charge >= 0.3 is 11.9 Å². The Bertz CT molecular complexity index is 489. The molecule has 2 aliphatic rings. The molecule has 1 saturated heterocycles. The monoisotopic (exact) mass is 228 g/mol. The topological polar surface area (TPSA) is 43.4 Å². The van der Waals surface area contributed by atoms with Crippen molar-refractivity contribution < 1.29 is 14.3 Å². The maximum absolute atomic E-state index is 11.7. The number of ether oxygens (including phenoxy) is 1. The van der Waals surface area contributed by atoms with Gasteiger partial charge in [0.15, 0.2) is 0 Å². The summed E-state index contributed by atoms with van der Waals surface area (Å²) < 4.78 is 4.74. The zero-order chi connectivity index (χ0) is 11.8. The molecule has 1 aliphatic carbocycles. The van der Waals surface area contributed by atoms with E-state index in [1.54, 1.807) is 0 Å². The zero-order valence-corrected chi connectivity index (χ0v) is 9.21. The molecule has 0 bridgehead atoms. The van der Waals surface area contributed by atoms with Gasteiger partial charge in [-0.25, -0.2) is 0 Å². The predicted molar refractivity (Wildman–Crippen MR) is 61.0 cm³/mol. The second-order valence-corrected chi connectivity index (χ2v) is 4.47. The minimum atomic E-state index is -0.377. The van der Waals surface area contributed by atoms with Crippen molar-refractivity contribution in [3.8, 4) is 0 Å². The Morgan fingerprint density at radius 2 is 1.82 bits per heavy atom. The van der Waals surface area contributed by atoms with Crippen LogP contribution >= 0.6 is 0 Å². The van der Waals surface area contributed by atoms with E-state index in [1.807, 2.05) is 42.5 Å². The molecule has 0 unspecified atom stereocenters. The van der Waals surface area contributed by atoms with Gasteiger partial charge in [0.25, 0.3) is 0 Å². The van der Waals surface area contributed by atoms with Crippen molar-refractivity contribution in [2.75, 3.05) is 0 Å². The second kappa shape index (κ2) is 3.84. The summed E-state index contributed by atoms with van der Waals surface area (Å²) >= 11 is 0. The maximum Gasteiger partial charge on any atom is 0.318 e. The number of allylic oxidation sites excluding steroid dienone is 2. The molecule has 0 radical (unpaired) electrons. The van der Waals surface area contributed by atoms with Crippen LogP contribution in [0.2, 0.25) is 0 Å². The van der Waals surface area contributed by atoms with Crippen molar-refractivity contribution in [2.24, 2.45) is 11.8 Å². The normalized spacial score (nSPS) is 31.2. The minimum absolute atomic E-state index is 0.0334. The molecule has 1 aromatic carbocycles. The van der Waals surface area contributed by atoms with Crippen molar-refractivity contribution in [1.82, 2.24) is 0 Å². The third-order valence-corrected chi connectivity index (χ3v) is 3.51. The lowest BCUT2D eigenvalue weighted by atomic mass is 9.74. The van der Waals surface area contributed by atoms with Crippen molar-refractivity contribution >= 4 is 11.9 Å². The number of cyclic esters (lactones) is 2. The first-order valence-electron chi connectivity index (χ1n) is 5.74. The number of hydrogen-bond acceptors (Lipinski definition) is 3. The van der Waals surface area contributed by atoms with E-state index in [-0.39, 0.29) is 29.7 Å². The first-order valence-corrected chi connectivity index (χ1v) is 5.74. The molecule has 0 aromatic heterocycles. The lowest BCUT2D eigenvalue weighted by molar-refractivity contribution is -0.153. The van der Waals surface area contributed by atoms with Gasteiger partial charge in [0.1, 0.15) is 0 Å². The summed E-state index contributed by atoms with van der Waals surface area (Å²) in [5, 5.41) is 0. The number of esters is 2. The fourth-order valence-electron chi connectivity index (χ4n) is 2.68. The number of hydrogen-bond donors (Lipinski definition) is 0. The highest BCUT2D eigenvalue weighted by atomic mass is 16.6. The third-order valence-electron chi connectivity index (χ3n) is 3.51. The molecule has 1 heterocycles. The summed E-state index contributed by atoms with van der Waals surface area (Å²) in [6, 6.07) is 9.77. The van der Waals surface area contributed by atoms with Crippen LogP contribution in [-0.4, -0.2) is 11.9 Å².